The Hall–Kier alpha value is -2.89. The van der Waals surface area contributed by atoms with Gasteiger partial charge in [-0.25, -0.2) is 0 Å². The fourth-order valence-electron chi connectivity index (χ4n) is 2.52. The molecular weight excluding hydrogens is 302 g/mol. The monoisotopic (exact) mass is 323 g/mol. The lowest BCUT2D eigenvalue weighted by Gasteiger charge is -2.08. The molecule has 1 amide bonds. The number of rotatable bonds is 7. The molecule has 0 saturated heterocycles. The summed E-state index contributed by atoms with van der Waals surface area (Å²) >= 11 is 0. The third kappa shape index (κ3) is 4.32. The van der Waals surface area contributed by atoms with Crippen LogP contribution >= 0.6 is 0 Å². The van der Waals surface area contributed by atoms with Crippen molar-refractivity contribution in [3.8, 4) is 0 Å². The Bertz CT molecular complexity index is 791. The Balaban J connectivity index is 1.49. The van der Waals surface area contributed by atoms with E-state index in [2.05, 4.69) is 15.5 Å². The molecule has 2 heterocycles. The molecular formula is C18H21N5O. The van der Waals surface area contributed by atoms with Gasteiger partial charge >= 0.3 is 0 Å². The van der Waals surface area contributed by atoms with Crippen molar-refractivity contribution in [3.63, 3.8) is 0 Å². The number of amides is 1. The fourth-order valence-corrected chi connectivity index (χ4v) is 2.52. The van der Waals surface area contributed by atoms with Gasteiger partial charge in [-0.2, -0.15) is 10.2 Å². The molecule has 0 spiro atoms. The van der Waals surface area contributed by atoms with Crippen molar-refractivity contribution in [1.82, 2.24) is 24.9 Å². The van der Waals surface area contributed by atoms with E-state index >= 15 is 0 Å². The van der Waals surface area contributed by atoms with Gasteiger partial charge in [0.1, 0.15) is 0 Å². The van der Waals surface area contributed by atoms with Gasteiger partial charge in [0, 0.05) is 37.2 Å². The Labute approximate surface area is 141 Å². The van der Waals surface area contributed by atoms with Gasteiger partial charge in [0.2, 0.25) is 0 Å². The molecule has 6 heteroatoms. The zero-order valence-corrected chi connectivity index (χ0v) is 13.7. The van der Waals surface area contributed by atoms with E-state index in [1.54, 1.807) is 6.20 Å². The topological polar surface area (TPSA) is 64.7 Å². The summed E-state index contributed by atoms with van der Waals surface area (Å²) in [5, 5.41) is 11.5. The van der Waals surface area contributed by atoms with Gasteiger partial charge in [-0.15, -0.1) is 0 Å². The molecule has 3 aromatic rings. The highest BCUT2D eigenvalue weighted by molar-refractivity contribution is 5.94. The molecule has 0 aliphatic rings. The lowest BCUT2D eigenvalue weighted by atomic mass is 10.1. The van der Waals surface area contributed by atoms with Crippen LogP contribution < -0.4 is 5.32 Å². The summed E-state index contributed by atoms with van der Waals surface area (Å²) in [7, 11) is 0. The maximum atomic E-state index is 12.3. The highest BCUT2D eigenvalue weighted by Crippen LogP contribution is 2.07. The van der Waals surface area contributed by atoms with E-state index in [1.807, 2.05) is 65.1 Å². The van der Waals surface area contributed by atoms with Crippen molar-refractivity contribution in [2.45, 2.75) is 26.4 Å². The summed E-state index contributed by atoms with van der Waals surface area (Å²) in [4.78, 5) is 12.3. The van der Waals surface area contributed by atoms with Crippen molar-refractivity contribution in [3.05, 3.63) is 71.8 Å². The summed E-state index contributed by atoms with van der Waals surface area (Å²) in [6, 6.07) is 11.5. The Morgan fingerprint density at radius 3 is 2.83 bits per heavy atom. The summed E-state index contributed by atoms with van der Waals surface area (Å²) in [5.74, 6) is -0.0473. The minimum absolute atomic E-state index is 0.0473. The van der Waals surface area contributed by atoms with Crippen LogP contribution in [0.5, 0.6) is 0 Å². The fraction of sp³-hybridized carbons (Fsp3) is 0.278. The summed E-state index contributed by atoms with van der Waals surface area (Å²) in [6.45, 7) is 4.05. The first kappa shape index (κ1) is 16.0. The number of nitrogens with zero attached hydrogens (tertiary/aromatic N) is 4. The van der Waals surface area contributed by atoms with Crippen LogP contribution in [0.25, 0.3) is 0 Å². The van der Waals surface area contributed by atoms with E-state index in [0.29, 0.717) is 18.7 Å². The highest BCUT2D eigenvalue weighted by Gasteiger charge is 2.06. The van der Waals surface area contributed by atoms with Gasteiger partial charge in [0.15, 0.2) is 0 Å². The molecule has 6 nitrogen and oxygen atoms in total. The van der Waals surface area contributed by atoms with Gasteiger partial charge in [-0.3, -0.25) is 14.2 Å². The normalized spacial score (nSPS) is 10.7. The molecule has 1 N–H and O–H groups in total. The number of carbonyl (C=O) groups excluding carboxylic acids is 1. The predicted molar refractivity (Wildman–Crippen MR) is 91.7 cm³/mol. The van der Waals surface area contributed by atoms with Crippen LogP contribution in [0.3, 0.4) is 0 Å². The molecule has 2 aromatic heterocycles. The number of hydrogen-bond donors (Lipinski definition) is 1. The van der Waals surface area contributed by atoms with E-state index < -0.39 is 0 Å². The van der Waals surface area contributed by atoms with Gasteiger partial charge in [0.05, 0.1) is 12.2 Å². The first-order valence-electron chi connectivity index (χ1n) is 8.05. The molecule has 24 heavy (non-hydrogen) atoms. The average molecular weight is 323 g/mol. The Morgan fingerprint density at radius 1 is 1.17 bits per heavy atom. The highest BCUT2D eigenvalue weighted by atomic mass is 16.1. The number of nitrogens with one attached hydrogen (secondary N) is 1. The Kier molecular flexibility index (Phi) is 5.05. The van der Waals surface area contributed by atoms with Crippen LogP contribution in [0.15, 0.2) is 55.0 Å². The number of hydrogen-bond acceptors (Lipinski definition) is 3. The van der Waals surface area contributed by atoms with E-state index in [0.717, 1.165) is 24.2 Å². The van der Waals surface area contributed by atoms with Gasteiger partial charge in [0.25, 0.3) is 5.91 Å². The lowest BCUT2D eigenvalue weighted by molar-refractivity contribution is 0.0952. The standard InChI is InChI=1S/C18H21N5O/c1-15-7-12-22(21-15)10-3-8-19-18(24)17-6-2-5-16(13-17)14-23-11-4-9-20-23/h2,4-7,9,11-13H,3,8,10,14H2,1H3,(H,19,24). The van der Waals surface area contributed by atoms with E-state index in [9.17, 15) is 4.79 Å². The van der Waals surface area contributed by atoms with E-state index in [-0.39, 0.29) is 5.91 Å². The molecule has 0 saturated carbocycles. The summed E-state index contributed by atoms with van der Waals surface area (Å²) in [6.07, 6.45) is 6.46. The van der Waals surface area contributed by atoms with Crippen molar-refractivity contribution in [1.29, 1.82) is 0 Å². The molecule has 0 radical (unpaired) electrons. The molecule has 124 valence electrons. The lowest BCUT2D eigenvalue weighted by Crippen LogP contribution is -2.25. The van der Waals surface area contributed by atoms with Gasteiger partial charge < -0.3 is 5.32 Å². The van der Waals surface area contributed by atoms with Crippen molar-refractivity contribution < 1.29 is 4.79 Å². The Morgan fingerprint density at radius 2 is 2.08 bits per heavy atom. The summed E-state index contributed by atoms with van der Waals surface area (Å²) in [5.41, 5.74) is 2.74. The number of aromatic nitrogens is 4. The van der Waals surface area contributed by atoms with Crippen LogP contribution in [0.1, 0.15) is 28.0 Å². The maximum Gasteiger partial charge on any atom is 0.251 e. The van der Waals surface area contributed by atoms with E-state index in [4.69, 9.17) is 0 Å². The first-order valence-corrected chi connectivity index (χ1v) is 8.05. The van der Waals surface area contributed by atoms with Gasteiger partial charge in [-0.1, -0.05) is 12.1 Å². The zero-order chi connectivity index (χ0) is 16.8. The molecule has 0 atom stereocenters. The molecule has 0 fully saturated rings. The third-order valence-corrected chi connectivity index (χ3v) is 3.72. The average Bonchev–Trinajstić information content (AvgIpc) is 3.23. The molecule has 0 unspecified atom stereocenters. The third-order valence-electron chi connectivity index (χ3n) is 3.72. The second-order valence-electron chi connectivity index (χ2n) is 5.73. The predicted octanol–water partition coefficient (Wildman–Crippen LogP) is 2.26. The minimum Gasteiger partial charge on any atom is -0.352 e. The number of benzene rings is 1. The molecule has 0 aliphatic carbocycles. The molecule has 3 rings (SSSR count). The van der Waals surface area contributed by atoms with Crippen LogP contribution in [0.4, 0.5) is 0 Å². The smallest absolute Gasteiger partial charge is 0.251 e. The molecule has 0 bridgehead atoms. The maximum absolute atomic E-state index is 12.3. The second-order valence-corrected chi connectivity index (χ2v) is 5.73. The quantitative estimate of drug-likeness (QED) is 0.678. The zero-order valence-electron chi connectivity index (χ0n) is 13.7. The minimum atomic E-state index is -0.0473. The van der Waals surface area contributed by atoms with Crippen LogP contribution in [-0.4, -0.2) is 32.0 Å². The van der Waals surface area contributed by atoms with Crippen molar-refractivity contribution in [2.24, 2.45) is 0 Å². The van der Waals surface area contributed by atoms with Crippen LogP contribution in [0, 0.1) is 6.92 Å². The van der Waals surface area contributed by atoms with Crippen LogP contribution in [0.2, 0.25) is 0 Å². The molecule has 0 aliphatic heterocycles. The van der Waals surface area contributed by atoms with Crippen LogP contribution in [-0.2, 0) is 13.1 Å². The number of carbonyl (C=O) groups is 1. The van der Waals surface area contributed by atoms with Crippen molar-refractivity contribution in [2.75, 3.05) is 6.54 Å². The summed E-state index contributed by atoms with van der Waals surface area (Å²) < 4.78 is 3.73. The second kappa shape index (κ2) is 7.59. The van der Waals surface area contributed by atoms with E-state index in [1.165, 1.54) is 0 Å². The van der Waals surface area contributed by atoms with Gasteiger partial charge in [-0.05, 0) is 43.2 Å². The first-order chi connectivity index (χ1) is 11.7. The van der Waals surface area contributed by atoms with Crippen molar-refractivity contribution >= 4 is 5.91 Å². The number of aryl methyl sites for hydroxylation is 2. The molecule has 1 aromatic carbocycles. The largest absolute Gasteiger partial charge is 0.352 e. The SMILES string of the molecule is Cc1ccn(CCCNC(=O)c2cccc(Cn3cccn3)c2)n1.